The monoisotopic (exact) mass is 322 g/mol. The zero-order valence-corrected chi connectivity index (χ0v) is 11.3. The molecule has 1 aliphatic heterocycles. The molecule has 2 nitrogen and oxygen atoms in total. The molecule has 0 amide bonds. The van der Waals surface area contributed by atoms with Crippen molar-refractivity contribution in [1.82, 2.24) is 0 Å². The predicted molar refractivity (Wildman–Crippen MR) is 68.5 cm³/mol. The number of anilines is 1. The highest BCUT2D eigenvalue weighted by Crippen LogP contribution is 2.37. The van der Waals surface area contributed by atoms with Crippen molar-refractivity contribution < 1.29 is 13.2 Å². The average Bonchev–Trinajstić information content (AvgIpc) is 2.76. The molecule has 1 unspecified atom stereocenters. The van der Waals surface area contributed by atoms with Gasteiger partial charge in [-0.1, -0.05) is 15.9 Å². The predicted octanol–water partition coefficient (Wildman–Crippen LogP) is 3.25. The van der Waals surface area contributed by atoms with E-state index < -0.39 is 11.7 Å². The summed E-state index contributed by atoms with van der Waals surface area (Å²) >= 11 is 2.94. The van der Waals surface area contributed by atoms with Crippen molar-refractivity contribution >= 4 is 21.6 Å². The van der Waals surface area contributed by atoms with Gasteiger partial charge in [0.2, 0.25) is 0 Å². The zero-order valence-electron chi connectivity index (χ0n) is 9.67. The van der Waals surface area contributed by atoms with Gasteiger partial charge < -0.3 is 10.6 Å². The van der Waals surface area contributed by atoms with Crippen LogP contribution in [-0.2, 0) is 6.18 Å². The first-order valence-corrected chi connectivity index (χ1v) is 6.53. The van der Waals surface area contributed by atoms with Crippen molar-refractivity contribution in [2.75, 3.05) is 24.5 Å². The lowest BCUT2D eigenvalue weighted by Crippen LogP contribution is -2.23. The highest BCUT2D eigenvalue weighted by atomic mass is 79.9. The Bertz CT molecular complexity index is 434. The van der Waals surface area contributed by atoms with E-state index in [1.54, 1.807) is 6.07 Å². The minimum atomic E-state index is -4.33. The maximum absolute atomic E-state index is 12.8. The zero-order chi connectivity index (χ0) is 13.3. The average molecular weight is 323 g/mol. The van der Waals surface area contributed by atoms with E-state index in [9.17, 15) is 13.2 Å². The first kappa shape index (κ1) is 13.7. The largest absolute Gasteiger partial charge is 0.417 e. The van der Waals surface area contributed by atoms with Gasteiger partial charge in [-0.25, -0.2) is 0 Å². The van der Waals surface area contributed by atoms with Gasteiger partial charge in [0.05, 0.1) is 5.56 Å². The maximum atomic E-state index is 12.8. The van der Waals surface area contributed by atoms with Crippen LogP contribution in [0.3, 0.4) is 0 Å². The van der Waals surface area contributed by atoms with E-state index in [-0.39, 0.29) is 4.47 Å². The number of hydrogen-bond donors (Lipinski definition) is 1. The molecule has 100 valence electrons. The molecule has 1 atom stereocenters. The Morgan fingerprint density at radius 2 is 2.11 bits per heavy atom. The van der Waals surface area contributed by atoms with Crippen LogP contribution in [0.4, 0.5) is 18.9 Å². The maximum Gasteiger partial charge on any atom is 0.417 e. The van der Waals surface area contributed by atoms with Crippen molar-refractivity contribution in [3.8, 4) is 0 Å². The number of benzene rings is 1. The molecule has 1 fully saturated rings. The Morgan fingerprint density at radius 1 is 1.39 bits per heavy atom. The van der Waals surface area contributed by atoms with Gasteiger partial charge in [0, 0.05) is 23.2 Å². The van der Waals surface area contributed by atoms with Gasteiger partial charge in [-0.2, -0.15) is 13.2 Å². The first-order valence-electron chi connectivity index (χ1n) is 5.73. The van der Waals surface area contributed by atoms with Crippen LogP contribution in [0.25, 0.3) is 0 Å². The number of rotatable bonds is 2. The van der Waals surface area contributed by atoms with Crippen LogP contribution in [0.5, 0.6) is 0 Å². The molecule has 6 heteroatoms. The molecule has 0 aromatic heterocycles. The minimum absolute atomic E-state index is 0.0771. The normalized spacial score (nSPS) is 20.5. The summed E-state index contributed by atoms with van der Waals surface area (Å²) < 4.78 is 38.4. The van der Waals surface area contributed by atoms with Gasteiger partial charge in [-0.3, -0.25) is 0 Å². The van der Waals surface area contributed by atoms with E-state index in [1.807, 2.05) is 4.90 Å². The van der Waals surface area contributed by atoms with Gasteiger partial charge in [-0.15, -0.1) is 0 Å². The molecule has 1 heterocycles. The number of nitrogens with two attached hydrogens (primary N) is 1. The van der Waals surface area contributed by atoms with Crippen molar-refractivity contribution in [3.05, 3.63) is 28.2 Å². The van der Waals surface area contributed by atoms with E-state index in [1.165, 1.54) is 12.1 Å². The summed E-state index contributed by atoms with van der Waals surface area (Å²) in [5, 5.41) is 0. The molecule has 0 spiro atoms. The first-order chi connectivity index (χ1) is 8.41. The van der Waals surface area contributed by atoms with Crippen molar-refractivity contribution in [3.63, 3.8) is 0 Å². The van der Waals surface area contributed by atoms with Gasteiger partial charge in [0.15, 0.2) is 0 Å². The molecule has 1 aliphatic rings. The van der Waals surface area contributed by atoms with Crippen molar-refractivity contribution in [2.24, 2.45) is 11.7 Å². The third-order valence-corrected chi connectivity index (χ3v) is 3.93. The standard InChI is InChI=1S/C12H14BrF3N2/c13-11-2-1-9(5-10(11)12(14,15)16)18-4-3-8(6-17)7-18/h1-2,5,8H,3-4,6-7,17H2. The summed E-state index contributed by atoms with van der Waals surface area (Å²) in [6.45, 7) is 2.08. The third-order valence-electron chi connectivity index (χ3n) is 3.24. The summed E-state index contributed by atoms with van der Waals surface area (Å²) in [7, 11) is 0. The van der Waals surface area contributed by atoms with E-state index >= 15 is 0 Å². The molecular formula is C12H14BrF3N2. The van der Waals surface area contributed by atoms with Crippen LogP contribution in [-0.4, -0.2) is 19.6 Å². The summed E-state index contributed by atoms with van der Waals surface area (Å²) in [4.78, 5) is 1.96. The lowest BCUT2D eigenvalue weighted by Gasteiger charge is -2.20. The van der Waals surface area contributed by atoms with Crippen LogP contribution < -0.4 is 10.6 Å². The Balaban J connectivity index is 2.25. The molecule has 1 aromatic rings. The number of hydrogen-bond acceptors (Lipinski definition) is 2. The molecule has 2 N–H and O–H groups in total. The second-order valence-electron chi connectivity index (χ2n) is 4.50. The third kappa shape index (κ3) is 2.80. The molecule has 2 rings (SSSR count). The van der Waals surface area contributed by atoms with Crippen LogP contribution >= 0.6 is 15.9 Å². The smallest absolute Gasteiger partial charge is 0.371 e. The molecule has 18 heavy (non-hydrogen) atoms. The molecule has 0 bridgehead atoms. The summed E-state index contributed by atoms with van der Waals surface area (Å²) in [6, 6.07) is 4.36. The van der Waals surface area contributed by atoms with Crippen LogP contribution in [0.1, 0.15) is 12.0 Å². The quantitative estimate of drug-likeness (QED) is 0.905. The van der Waals surface area contributed by atoms with E-state index in [4.69, 9.17) is 5.73 Å². The van der Waals surface area contributed by atoms with E-state index in [0.29, 0.717) is 18.2 Å². The van der Waals surface area contributed by atoms with Crippen molar-refractivity contribution in [2.45, 2.75) is 12.6 Å². The second-order valence-corrected chi connectivity index (χ2v) is 5.35. The number of halogens is 4. The fourth-order valence-electron chi connectivity index (χ4n) is 2.19. The Hall–Kier alpha value is -0.750. The topological polar surface area (TPSA) is 29.3 Å². The molecular weight excluding hydrogens is 309 g/mol. The van der Waals surface area contributed by atoms with Crippen molar-refractivity contribution in [1.29, 1.82) is 0 Å². The Labute approximate surface area is 112 Å². The molecule has 1 saturated heterocycles. The Morgan fingerprint density at radius 3 is 2.67 bits per heavy atom. The Kier molecular flexibility index (Phi) is 3.87. The summed E-state index contributed by atoms with van der Waals surface area (Å²) in [6.07, 6.45) is -3.39. The second kappa shape index (κ2) is 5.09. The highest BCUT2D eigenvalue weighted by molar-refractivity contribution is 9.10. The van der Waals surface area contributed by atoms with Gasteiger partial charge in [0.25, 0.3) is 0 Å². The lowest BCUT2D eigenvalue weighted by molar-refractivity contribution is -0.138. The van der Waals surface area contributed by atoms with Gasteiger partial charge in [0.1, 0.15) is 0 Å². The number of alkyl halides is 3. The van der Waals surface area contributed by atoms with Gasteiger partial charge >= 0.3 is 6.18 Å². The number of nitrogens with zero attached hydrogens (tertiary/aromatic N) is 1. The van der Waals surface area contributed by atoms with E-state index in [0.717, 1.165) is 19.5 Å². The minimum Gasteiger partial charge on any atom is -0.371 e. The highest BCUT2D eigenvalue weighted by Gasteiger charge is 2.34. The molecule has 1 aromatic carbocycles. The fraction of sp³-hybridized carbons (Fsp3) is 0.500. The SMILES string of the molecule is NCC1CCN(c2ccc(Br)c(C(F)(F)F)c2)C1. The summed E-state index contributed by atoms with van der Waals surface area (Å²) in [5.41, 5.74) is 5.57. The van der Waals surface area contributed by atoms with Crippen LogP contribution in [0.15, 0.2) is 22.7 Å². The van der Waals surface area contributed by atoms with Crippen LogP contribution in [0.2, 0.25) is 0 Å². The fourth-order valence-corrected chi connectivity index (χ4v) is 2.66. The summed E-state index contributed by atoms with van der Waals surface area (Å²) in [5.74, 6) is 0.378. The molecule has 0 saturated carbocycles. The molecule has 0 aliphatic carbocycles. The van der Waals surface area contributed by atoms with E-state index in [2.05, 4.69) is 15.9 Å². The molecule has 0 radical (unpaired) electrons. The van der Waals surface area contributed by atoms with Crippen LogP contribution in [0, 0.1) is 5.92 Å². The lowest BCUT2D eigenvalue weighted by atomic mass is 10.1. The van der Waals surface area contributed by atoms with Gasteiger partial charge in [-0.05, 0) is 37.1 Å².